The van der Waals surface area contributed by atoms with E-state index in [1.165, 1.54) is 7.11 Å². The predicted molar refractivity (Wildman–Crippen MR) is 90.9 cm³/mol. The number of benzene rings is 2. The Hall–Kier alpha value is -2.82. The average molecular weight is 327 g/mol. The van der Waals surface area contributed by atoms with Crippen LogP contribution in [-0.2, 0) is 16.1 Å². The molecule has 0 radical (unpaired) electrons. The lowest BCUT2D eigenvalue weighted by atomic mass is 10.1. The molecule has 2 aromatic carbocycles. The number of amides is 1. The Labute approximate surface area is 141 Å². The van der Waals surface area contributed by atoms with E-state index in [2.05, 4.69) is 4.74 Å². The summed E-state index contributed by atoms with van der Waals surface area (Å²) in [5.74, 6) is 0.176. The molecule has 0 unspecified atom stereocenters. The molecule has 5 nitrogen and oxygen atoms in total. The van der Waals surface area contributed by atoms with Crippen LogP contribution in [0.1, 0.15) is 21.5 Å². The van der Waals surface area contributed by atoms with Crippen molar-refractivity contribution in [3.8, 4) is 5.75 Å². The molecule has 0 aromatic heterocycles. The second-order valence-electron chi connectivity index (χ2n) is 5.54. The number of nitrogens with zero attached hydrogens (tertiary/aromatic N) is 1. The first kappa shape index (κ1) is 17.5. The third-order valence-corrected chi connectivity index (χ3v) is 3.60. The van der Waals surface area contributed by atoms with E-state index in [0.717, 1.165) is 11.1 Å². The Morgan fingerprint density at radius 2 is 1.62 bits per heavy atom. The highest BCUT2D eigenvalue weighted by molar-refractivity contribution is 5.89. The Morgan fingerprint density at radius 3 is 2.21 bits per heavy atom. The van der Waals surface area contributed by atoms with Crippen LogP contribution in [-0.4, -0.2) is 37.5 Å². The van der Waals surface area contributed by atoms with E-state index >= 15 is 0 Å². The highest BCUT2D eigenvalue weighted by Gasteiger charge is 2.11. The van der Waals surface area contributed by atoms with E-state index in [4.69, 9.17) is 4.74 Å². The second-order valence-corrected chi connectivity index (χ2v) is 5.54. The highest BCUT2D eigenvalue weighted by Crippen LogP contribution is 2.12. The summed E-state index contributed by atoms with van der Waals surface area (Å²) in [4.78, 5) is 25.1. The molecule has 0 aliphatic carbocycles. The number of carbonyl (C=O) groups is 2. The van der Waals surface area contributed by atoms with Gasteiger partial charge in [0.2, 0.25) is 0 Å². The van der Waals surface area contributed by atoms with Gasteiger partial charge in [-0.05, 0) is 36.8 Å². The molecule has 1 amide bonds. The van der Waals surface area contributed by atoms with Gasteiger partial charge in [-0.1, -0.05) is 29.8 Å². The molecule has 0 saturated heterocycles. The standard InChI is InChI=1S/C19H21NO4/c1-14-4-10-17(11-5-14)24-13-18(21)20(2)12-15-6-8-16(9-7-15)19(22)23-3/h4-11H,12-13H2,1-3H3. The van der Waals surface area contributed by atoms with E-state index in [0.29, 0.717) is 17.9 Å². The molecule has 2 rings (SSSR count). The molecule has 5 heteroatoms. The largest absolute Gasteiger partial charge is 0.484 e. The van der Waals surface area contributed by atoms with Crippen molar-refractivity contribution < 1.29 is 19.1 Å². The van der Waals surface area contributed by atoms with Crippen molar-refractivity contribution in [1.29, 1.82) is 0 Å². The van der Waals surface area contributed by atoms with Crippen molar-refractivity contribution >= 4 is 11.9 Å². The van der Waals surface area contributed by atoms with Gasteiger partial charge in [0.05, 0.1) is 12.7 Å². The molecule has 0 spiro atoms. The summed E-state index contributed by atoms with van der Waals surface area (Å²) in [6.45, 7) is 2.42. The van der Waals surface area contributed by atoms with Crippen LogP contribution in [0.5, 0.6) is 5.75 Å². The Balaban J connectivity index is 1.86. The van der Waals surface area contributed by atoms with Crippen LogP contribution in [0.2, 0.25) is 0 Å². The van der Waals surface area contributed by atoms with E-state index in [1.807, 2.05) is 31.2 Å². The van der Waals surface area contributed by atoms with Crippen molar-refractivity contribution in [2.24, 2.45) is 0 Å². The molecule has 0 aliphatic rings. The van der Waals surface area contributed by atoms with Gasteiger partial charge in [-0.3, -0.25) is 4.79 Å². The minimum atomic E-state index is -0.377. The van der Waals surface area contributed by atoms with Crippen LogP contribution < -0.4 is 4.74 Å². The van der Waals surface area contributed by atoms with Crippen LogP contribution >= 0.6 is 0 Å². The molecule has 126 valence electrons. The third-order valence-electron chi connectivity index (χ3n) is 3.60. The summed E-state index contributed by atoms with van der Waals surface area (Å²) in [6, 6.07) is 14.5. The fourth-order valence-corrected chi connectivity index (χ4v) is 2.12. The van der Waals surface area contributed by atoms with Gasteiger partial charge in [-0.15, -0.1) is 0 Å². The van der Waals surface area contributed by atoms with Crippen molar-refractivity contribution in [2.75, 3.05) is 20.8 Å². The van der Waals surface area contributed by atoms with Crippen LogP contribution in [0.25, 0.3) is 0 Å². The Morgan fingerprint density at radius 1 is 1.00 bits per heavy atom. The SMILES string of the molecule is COC(=O)c1ccc(CN(C)C(=O)COc2ccc(C)cc2)cc1. The number of aryl methyl sites for hydroxylation is 1. The van der Waals surface area contributed by atoms with Crippen molar-refractivity contribution in [1.82, 2.24) is 4.90 Å². The number of hydrogen-bond acceptors (Lipinski definition) is 4. The maximum atomic E-state index is 12.1. The molecule has 0 fully saturated rings. The van der Waals surface area contributed by atoms with Gasteiger partial charge >= 0.3 is 5.97 Å². The number of esters is 1. The number of carbonyl (C=O) groups excluding carboxylic acids is 2. The van der Waals surface area contributed by atoms with Gasteiger partial charge in [0.25, 0.3) is 5.91 Å². The fraction of sp³-hybridized carbons (Fsp3) is 0.263. The lowest BCUT2D eigenvalue weighted by Crippen LogP contribution is -2.30. The first-order valence-electron chi connectivity index (χ1n) is 7.60. The zero-order valence-electron chi connectivity index (χ0n) is 14.1. The van der Waals surface area contributed by atoms with E-state index in [1.54, 1.807) is 36.2 Å². The molecule has 0 bridgehead atoms. The van der Waals surface area contributed by atoms with Crippen molar-refractivity contribution in [2.45, 2.75) is 13.5 Å². The number of ether oxygens (including phenoxy) is 2. The van der Waals surface area contributed by atoms with Crippen LogP contribution in [0.4, 0.5) is 0 Å². The first-order valence-corrected chi connectivity index (χ1v) is 7.60. The summed E-state index contributed by atoms with van der Waals surface area (Å²) in [6.07, 6.45) is 0. The highest BCUT2D eigenvalue weighted by atomic mass is 16.5. The molecule has 0 atom stereocenters. The van der Waals surface area contributed by atoms with Crippen LogP contribution in [0.15, 0.2) is 48.5 Å². The van der Waals surface area contributed by atoms with E-state index < -0.39 is 0 Å². The van der Waals surface area contributed by atoms with Crippen LogP contribution in [0, 0.1) is 6.92 Å². The predicted octanol–water partition coefficient (Wildman–Crippen LogP) is 2.82. The average Bonchev–Trinajstić information content (AvgIpc) is 2.60. The molecule has 24 heavy (non-hydrogen) atoms. The normalized spacial score (nSPS) is 10.1. The molecule has 0 aliphatic heterocycles. The number of hydrogen-bond donors (Lipinski definition) is 0. The smallest absolute Gasteiger partial charge is 0.337 e. The summed E-state index contributed by atoms with van der Waals surface area (Å²) in [5.41, 5.74) is 2.55. The van der Waals surface area contributed by atoms with Gasteiger partial charge < -0.3 is 14.4 Å². The summed E-state index contributed by atoms with van der Waals surface area (Å²) in [5, 5.41) is 0. The minimum absolute atomic E-state index is 0.0141. The van der Waals surface area contributed by atoms with Crippen LogP contribution in [0.3, 0.4) is 0 Å². The van der Waals surface area contributed by atoms with Gasteiger partial charge in [0.15, 0.2) is 6.61 Å². The summed E-state index contributed by atoms with van der Waals surface area (Å²) < 4.78 is 10.2. The van der Waals surface area contributed by atoms with Crippen molar-refractivity contribution in [3.63, 3.8) is 0 Å². The lowest BCUT2D eigenvalue weighted by Gasteiger charge is -2.17. The zero-order valence-corrected chi connectivity index (χ0v) is 14.1. The third kappa shape index (κ3) is 4.84. The van der Waals surface area contributed by atoms with Gasteiger partial charge in [-0.25, -0.2) is 4.79 Å². The quantitative estimate of drug-likeness (QED) is 0.766. The van der Waals surface area contributed by atoms with Crippen molar-refractivity contribution in [3.05, 3.63) is 65.2 Å². The zero-order chi connectivity index (χ0) is 17.5. The van der Waals surface area contributed by atoms with Gasteiger partial charge in [0, 0.05) is 13.6 Å². The van der Waals surface area contributed by atoms with Gasteiger partial charge in [0.1, 0.15) is 5.75 Å². The summed E-state index contributed by atoms with van der Waals surface area (Å²) in [7, 11) is 3.06. The lowest BCUT2D eigenvalue weighted by molar-refractivity contribution is -0.132. The first-order chi connectivity index (χ1) is 11.5. The molecular formula is C19H21NO4. The Kier molecular flexibility index (Phi) is 5.95. The van der Waals surface area contributed by atoms with Gasteiger partial charge in [-0.2, -0.15) is 0 Å². The molecule has 2 aromatic rings. The minimum Gasteiger partial charge on any atom is -0.484 e. The molecule has 0 heterocycles. The maximum Gasteiger partial charge on any atom is 0.337 e. The maximum absolute atomic E-state index is 12.1. The Bertz CT molecular complexity index is 692. The van der Waals surface area contributed by atoms with E-state index in [9.17, 15) is 9.59 Å². The molecule has 0 N–H and O–H groups in total. The molecular weight excluding hydrogens is 306 g/mol. The second kappa shape index (κ2) is 8.15. The number of likely N-dealkylation sites (N-methyl/N-ethyl adjacent to an activating group) is 1. The summed E-state index contributed by atoms with van der Waals surface area (Å²) >= 11 is 0. The van der Waals surface area contributed by atoms with E-state index in [-0.39, 0.29) is 18.5 Å². The number of methoxy groups -OCH3 is 1. The molecule has 0 saturated carbocycles. The topological polar surface area (TPSA) is 55.8 Å². The fourth-order valence-electron chi connectivity index (χ4n) is 2.12. The number of rotatable bonds is 6. The monoisotopic (exact) mass is 327 g/mol.